The maximum Gasteiger partial charge on any atom is 0.354 e. The van der Waals surface area contributed by atoms with E-state index in [-0.39, 0.29) is 11.4 Å². The van der Waals surface area contributed by atoms with E-state index in [2.05, 4.69) is 10.3 Å². The fraction of sp³-hybridized carbons (Fsp3) is 0.400. The second-order valence-electron chi connectivity index (χ2n) is 3.75. The van der Waals surface area contributed by atoms with Crippen LogP contribution in [0.3, 0.4) is 0 Å². The standard InChI is InChI=1S/C10H13F2N3O3/c1-5-3-6(8(13-5)9(16)17)14-10(18)15(2)4-7(11)12/h3,7,13H,4H2,1-2H3,(H,14,18)(H,16,17). The van der Waals surface area contributed by atoms with Crippen LogP contribution in [0, 0.1) is 6.92 Å². The van der Waals surface area contributed by atoms with Gasteiger partial charge in [0.2, 0.25) is 0 Å². The Kier molecular flexibility index (Phi) is 4.24. The molecule has 1 rings (SSSR count). The minimum absolute atomic E-state index is 0.0473. The van der Waals surface area contributed by atoms with Crippen LogP contribution in [-0.4, -0.2) is 47.0 Å². The molecule has 0 unspecified atom stereocenters. The number of rotatable bonds is 4. The SMILES string of the molecule is Cc1cc(NC(=O)N(C)CC(F)F)c(C(=O)O)[nH]1. The van der Waals surface area contributed by atoms with Crippen molar-refractivity contribution >= 4 is 17.7 Å². The number of aryl methyl sites for hydroxylation is 1. The molecule has 0 aliphatic rings. The molecule has 0 atom stereocenters. The van der Waals surface area contributed by atoms with Gasteiger partial charge in [-0.2, -0.15) is 0 Å². The summed E-state index contributed by atoms with van der Waals surface area (Å²) in [5.74, 6) is -1.24. The fourth-order valence-corrected chi connectivity index (χ4v) is 1.36. The number of aromatic amines is 1. The molecule has 0 spiro atoms. The lowest BCUT2D eigenvalue weighted by Crippen LogP contribution is -2.35. The molecule has 0 aromatic carbocycles. The predicted octanol–water partition coefficient (Wildman–Crippen LogP) is 1.75. The third-order valence-corrected chi connectivity index (χ3v) is 2.17. The molecule has 0 saturated heterocycles. The molecular formula is C10H13F2N3O3. The lowest BCUT2D eigenvalue weighted by molar-refractivity contribution is 0.0692. The zero-order chi connectivity index (χ0) is 13.9. The number of aromatic nitrogens is 1. The van der Waals surface area contributed by atoms with E-state index in [4.69, 9.17) is 5.11 Å². The van der Waals surface area contributed by atoms with Crippen molar-refractivity contribution in [2.24, 2.45) is 0 Å². The number of hydrogen-bond acceptors (Lipinski definition) is 2. The van der Waals surface area contributed by atoms with Gasteiger partial charge in [0.1, 0.15) is 5.69 Å². The number of H-pyrrole nitrogens is 1. The number of urea groups is 1. The summed E-state index contributed by atoms with van der Waals surface area (Å²) in [5.41, 5.74) is 0.400. The molecule has 1 heterocycles. The van der Waals surface area contributed by atoms with Crippen LogP contribution in [0.1, 0.15) is 16.2 Å². The fourth-order valence-electron chi connectivity index (χ4n) is 1.36. The molecule has 0 bridgehead atoms. The molecule has 100 valence electrons. The predicted molar refractivity (Wildman–Crippen MR) is 60.1 cm³/mol. The Labute approximate surface area is 102 Å². The topological polar surface area (TPSA) is 85.4 Å². The number of anilines is 1. The lowest BCUT2D eigenvalue weighted by atomic mass is 10.3. The third kappa shape index (κ3) is 3.44. The molecule has 6 nitrogen and oxygen atoms in total. The Hall–Kier alpha value is -2.12. The summed E-state index contributed by atoms with van der Waals surface area (Å²) in [4.78, 5) is 25.7. The Morgan fingerprint density at radius 2 is 2.17 bits per heavy atom. The van der Waals surface area contributed by atoms with Gasteiger partial charge < -0.3 is 20.3 Å². The summed E-state index contributed by atoms with van der Waals surface area (Å²) in [7, 11) is 1.20. The summed E-state index contributed by atoms with van der Waals surface area (Å²) in [6.07, 6.45) is -2.65. The van der Waals surface area contributed by atoms with Crippen LogP contribution in [0.2, 0.25) is 0 Å². The zero-order valence-corrected chi connectivity index (χ0v) is 9.83. The van der Waals surface area contributed by atoms with E-state index < -0.39 is 25.0 Å². The van der Waals surface area contributed by atoms with Gasteiger partial charge in [0.25, 0.3) is 6.43 Å². The van der Waals surface area contributed by atoms with Gasteiger partial charge in [-0.25, -0.2) is 18.4 Å². The van der Waals surface area contributed by atoms with Crippen molar-refractivity contribution in [3.8, 4) is 0 Å². The number of aromatic carboxylic acids is 1. The normalized spacial score (nSPS) is 10.5. The highest BCUT2D eigenvalue weighted by Gasteiger charge is 2.18. The monoisotopic (exact) mass is 261 g/mol. The van der Waals surface area contributed by atoms with Gasteiger partial charge in [0.05, 0.1) is 12.2 Å². The Balaban J connectivity index is 2.78. The van der Waals surface area contributed by atoms with Crippen LogP contribution in [0.4, 0.5) is 19.3 Å². The van der Waals surface area contributed by atoms with Gasteiger partial charge in [0.15, 0.2) is 0 Å². The van der Waals surface area contributed by atoms with Crippen LogP contribution in [0.5, 0.6) is 0 Å². The van der Waals surface area contributed by atoms with Crippen molar-refractivity contribution in [1.29, 1.82) is 0 Å². The van der Waals surface area contributed by atoms with Crippen LogP contribution in [0.15, 0.2) is 6.07 Å². The summed E-state index contributed by atoms with van der Waals surface area (Å²) in [6, 6.07) is 0.620. The minimum atomic E-state index is -2.65. The molecule has 0 saturated carbocycles. The van der Waals surface area contributed by atoms with Crippen molar-refractivity contribution in [2.75, 3.05) is 18.9 Å². The van der Waals surface area contributed by atoms with Gasteiger partial charge in [-0.1, -0.05) is 0 Å². The largest absolute Gasteiger partial charge is 0.477 e. The highest BCUT2D eigenvalue weighted by atomic mass is 19.3. The van der Waals surface area contributed by atoms with E-state index in [0.717, 1.165) is 4.90 Å². The molecule has 0 aliphatic heterocycles. The van der Waals surface area contributed by atoms with Crippen molar-refractivity contribution < 1.29 is 23.5 Å². The van der Waals surface area contributed by atoms with E-state index in [1.807, 2.05) is 0 Å². The second kappa shape index (κ2) is 5.48. The first-order valence-corrected chi connectivity index (χ1v) is 5.04. The molecule has 0 radical (unpaired) electrons. The first-order chi connectivity index (χ1) is 8.31. The molecular weight excluding hydrogens is 248 g/mol. The molecule has 0 fully saturated rings. The number of hydrogen-bond donors (Lipinski definition) is 3. The van der Waals surface area contributed by atoms with Gasteiger partial charge in [0, 0.05) is 12.7 Å². The highest BCUT2D eigenvalue weighted by molar-refractivity contribution is 5.99. The van der Waals surface area contributed by atoms with E-state index in [0.29, 0.717) is 5.69 Å². The second-order valence-corrected chi connectivity index (χ2v) is 3.75. The number of nitrogens with one attached hydrogen (secondary N) is 2. The molecule has 0 aliphatic carbocycles. The van der Waals surface area contributed by atoms with Gasteiger partial charge in [-0.3, -0.25) is 0 Å². The number of carboxylic acid groups (broad SMARTS) is 1. The van der Waals surface area contributed by atoms with Crippen LogP contribution in [0.25, 0.3) is 0 Å². The van der Waals surface area contributed by atoms with Crippen LogP contribution >= 0.6 is 0 Å². The Morgan fingerprint density at radius 3 is 2.67 bits per heavy atom. The summed E-state index contributed by atoms with van der Waals surface area (Å²) < 4.78 is 24.1. The molecule has 2 amide bonds. The van der Waals surface area contributed by atoms with E-state index in [1.54, 1.807) is 6.92 Å². The number of amides is 2. The first-order valence-electron chi connectivity index (χ1n) is 5.04. The average molecular weight is 261 g/mol. The molecule has 8 heteroatoms. The quantitative estimate of drug-likeness (QED) is 0.771. The number of alkyl halides is 2. The summed E-state index contributed by atoms with van der Waals surface area (Å²) in [6.45, 7) is 0.891. The van der Waals surface area contributed by atoms with Crippen molar-refractivity contribution in [2.45, 2.75) is 13.3 Å². The minimum Gasteiger partial charge on any atom is -0.477 e. The number of halogens is 2. The van der Waals surface area contributed by atoms with Crippen LogP contribution < -0.4 is 5.32 Å². The zero-order valence-electron chi connectivity index (χ0n) is 9.83. The number of carbonyl (C=O) groups is 2. The smallest absolute Gasteiger partial charge is 0.354 e. The maximum atomic E-state index is 12.1. The van der Waals surface area contributed by atoms with E-state index >= 15 is 0 Å². The summed E-state index contributed by atoms with van der Waals surface area (Å²) >= 11 is 0. The van der Waals surface area contributed by atoms with Crippen LogP contribution in [-0.2, 0) is 0 Å². The van der Waals surface area contributed by atoms with Crippen molar-refractivity contribution in [1.82, 2.24) is 9.88 Å². The van der Waals surface area contributed by atoms with E-state index in [9.17, 15) is 18.4 Å². The van der Waals surface area contributed by atoms with Gasteiger partial charge >= 0.3 is 12.0 Å². The van der Waals surface area contributed by atoms with Gasteiger partial charge in [-0.15, -0.1) is 0 Å². The molecule has 1 aromatic heterocycles. The average Bonchev–Trinajstić information content (AvgIpc) is 2.58. The number of carbonyl (C=O) groups excluding carboxylic acids is 1. The molecule has 3 N–H and O–H groups in total. The van der Waals surface area contributed by atoms with E-state index in [1.165, 1.54) is 13.1 Å². The highest BCUT2D eigenvalue weighted by Crippen LogP contribution is 2.17. The number of nitrogens with zero attached hydrogens (tertiary/aromatic N) is 1. The maximum absolute atomic E-state index is 12.1. The summed E-state index contributed by atoms with van der Waals surface area (Å²) in [5, 5.41) is 11.1. The molecule has 18 heavy (non-hydrogen) atoms. The molecule has 1 aromatic rings. The third-order valence-electron chi connectivity index (χ3n) is 2.17. The van der Waals surface area contributed by atoms with Crippen molar-refractivity contribution in [3.63, 3.8) is 0 Å². The first kappa shape index (κ1) is 13.9. The number of carboxylic acids is 1. The Morgan fingerprint density at radius 1 is 1.56 bits per heavy atom. The van der Waals surface area contributed by atoms with Crippen molar-refractivity contribution in [3.05, 3.63) is 17.5 Å². The lowest BCUT2D eigenvalue weighted by Gasteiger charge is -2.16. The Bertz CT molecular complexity index is 459. The van der Waals surface area contributed by atoms with Gasteiger partial charge in [-0.05, 0) is 13.0 Å².